The van der Waals surface area contributed by atoms with E-state index in [4.69, 9.17) is 4.74 Å². The van der Waals surface area contributed by atoms with Crippen molar-refractivity contribution >= 4 is 17.5 Å². The van der Waals surface area contributed by atoms with Gasteiger partial charge in [-0.15, -0.1) is 0 Å². The first-order valence-electron chi connectivity index (χ1n) is 10.2. The van der Waals surface area contributed by atoms with E-state index in [0.717, 1.165) is 35.4 Å². The number of amides is 2. The van der Waals surface area contributed by atoms with Crippen LogP contribution in [0.1, 0.15) is 36.9 Å². The number of nitrogens with zero attached hydrogens (tertiary/aromatic N) is 1. The molecule has 0 fully saturated rings. The van der Waals surface area contributed by atoms with Crippen LogP contribution in [0.3, 0.4) is 0 Å². The Balaban J connectivity index is 1.56. The van der Waals surface area contributed by atoms with Crippen LogP contribution >= 0.6 is 0 Å². The quantitative estimate of drug-likeness (QED) is 0.720. The van der Waals surface area contributed by atoms with Gasteiger partial charge >= 0.3 is 0 Å². The lowest BCUT2D eigenvalue weighted by molar-refractivity contribution is -0.124. The van der Waals surface area contributed by atoms with E-state index < -0.39 is 0 Å². The molecule has 0 aliphatic carbocycles. The van der Waals surface area contributed by atoms with E-state index in [0.29, 0.717) is 13.2 Å². The SMILES string of the molecule is CCCN(CC(=O)Nc1ccccc1C)CC(=O)N[C@@H]1CCOc2ccccc21. The van der Waals surface area contributed by atoms with Crippen LogP contribution in [0.25, 0.3) is 0 Å². The molecule has 1 atom stereocenters. The Bertz CT molecular complexity index is 853. The number of aryl methyl sites for hydroxylation is 1. The molecule has 2 N–H and O–H groups in total. The fraction of sp³-hybridized carbons (Fsp3) is 0.391. The third-order valence-corrected chi connectivity index (χ3v) is 4.99. The standard InChI is InChI=1S/C23H29N3O3/c1-3-13-26(15-22(27)24-19-10-6-4-8-17(19)2)16-23(28)25-20-12-14-29-21-11-7-5-9-18(20)21/h4-11,20H,3,12-16H2,1-2H3,(H,24,27)(H,25,28)/t20-/m1/s1. The van der Waals surface area contributed by atoms with Gasteiger partial charge in [-0.3, -0.25) is 14.5 Å². The summed E-state index contributed by atoms with van der Waals surface area (Å²) >= 11 is 0. The van der Waals surface area contributed by atoms with Gasteiger partial charge in [0.25, 0.3) is 0 Å². The van der Waals surface area contributed by atoms with Crippen LogP contribution in [0.5, 0.6) is 5.75 Å². The Kier molecular flexibility index (Phi) is 7.25. The number of benzene rings is 2. The summed E-state index contributed by atoms with van der Waals surface area (Å²) < 4.78 is 5.66. The number of hydrogen-bond donors (Lipinski definition) is 2. The van der Waals surface area contributed by atoms with Gasteiger partial charge < -0.3 is 15.4 Å². The number of anilines is 1. The molecule has 0 saturated heterocycles. The first-order chi connectivity index (χ1) is 14.1. The molecule has 1 aliphatic heterocycles. The summed E-state index contributed by atoms with van der Waals surface area (Å²) in [6.45, 7) is 5.63. The van der Waals surface area contributed by atoms with E-state index in [1.807, 2.05) is 67.3 Å². The number of nitrogens with one attached hydrogen (secondary N) is 2. The largest absolute Gasteiger partial charge is 0.493 e. The highest BCUT2D eigenvalue weighted by Gasteiger charge is 2.23. The first kappa shape index (κ1) is 20.9. The predicted octanol–water partition coefficient (Wildman–Crippen LogP) is 3.29. The van der Waals surface area contributed by atoms with Gasteiger partial charge in [-0.2, -0.15) is 0 Å². The lowest BCUT2D eigenvalue weighted by Crippen LogP contribution is -2.43. The second-order valence-corrected chi connectivity index (χ2v) is 7.37. The lowest BCUT2D eigenvalue weighted by Gasteiger charge is -2.28. The van der Waals surface area contributed by atoms with Gasteiger partial charge in [-0.1, -0.05) is 43.3 Å². The average Bonchev–Trinajstić information content (AvgIpc) is 2.70. The van der Waals surface area contributed by atoms with Crippen LogP contribution in [-0.4, -0.2) is 43.0 Å². The van der Waals surface area contributed by atoms with Crippen LogP contribution in [0.4, 0.5) is 5.69 Å². The third-order valence-electron chi connectivity index (χ3n) is 4.99. The summed E-state index contributed by atoms with van der Waals surface area (Å²) in [7, 11) is 0. The van der Waals surface area contributed by atoms with Gasteiger partial charge in [-0.25, -0.2) is 0 Å². The molecule has 29 heavy (non-hydrogen) atoms. The monoisotopic (exact) mass is 395 g/mol. The van der Waals surface area contributed by atoms with Gasteiger partial charge in [-0.05, 0) is 37.6 Å². The highest BCUT2D eigenvalue weighted by Crippen LogP contribution is 2.31. The van der Waals surface area contributed by atoms with E-state index in [9.17, 15) is 9.59 Å². The molecule has 2 aromatic rings. The van der Waals surface area contributed by atoms with Crippen molar-refractivity contribution in [3.8, 4) is 5.75 Å². The van der Waals surface area contributed by atoms with E-state index in [2.05, 4.69) is 10.6 Å². The molecular formula is C23H29N3O3. The van der Waals surface area contributed by atoms with Gasteiger partial charge in [0.2, 0.25) is 11.8 Å². The normalized spacial score (nSPS) is 15.3. The summed E-state index contributed by atoms with van der Waals surface area (Å²) in [5.74, 6) is 0.632. The van der Waals surface area contributed by atoms with Crippen molar-refractivity contribution in [3.05, 3.63) is 59.7 Å². The van der Waals surface area contributed by atoms with Gasteiger partial charge in [0.05, 0.1) is 25.7 Å². The molecule has 6 heteroatoms. The van der Waals surface area contributed by atoms with Crippen LogP contribution in [0, 0.1) is 6.92 Å². The number of carbonyl (C=O) groups is 2. The molecule has 0 spiro atoms. The highest BCUT2D eigenvalue weighted by atomic mass is 16.5. The van der Waals surface area contributed by atoms with Crippen LogP contribution < -0.4 is 15.4 Å². The summed E-state index contributed by atoms with van der Waals surface area (Å²) in [5.41, 5.74) is 2.82. The topological polar surface area (TPSA) is 70.7 Å². The van der Waals surface area contributed by atoms with Crippen molar-refractivity contribution in [1.29, 1.82) is 0 Å². The Morgan fingerprint density at radius 2 is 1.79 bits per heavy atom. The molecule has 0 unspecified atom stereocenters. The number of carbonyl (C=O) groups excluding carboxylic acids is 2. The zero-order valence-electron chi connectivity index (χ0n) is 17.1. The fourth-order valence-electron chi connectivity index (χ4n) is 3.57. The molecule has 2 amide bonds. The first-order valence-corrected chi connectivity index (χ1v) is 10.2. The number of ether oxygens (including phenoxy) is 1. The maximum Gasteiger partial charge on any atom is 0.238 e. The van der Waals surface area contributed by atoms with Crippen molar-refractivity contribution in [1.82, 2.24) is 10.2 Å². The van der Waals surface area contributed by atoms with E-state index in [-0.39, 0.29) is 30.9 Å². The summed E-state index contributed by atoms with van der Waals surface area (Å²) in [6, 6.07) is 15.4. The van der Waals surface area contributed by atoms with E-state index in [1.54, 1.807) is 0 Å². The lowest BCUT2D eigenvalue weighted by atomic mass is 10.0. The smallest absolute Gasteiger partial charge is 0.238 e. The number of hydrogen-bond acceptors (Lipinski definition) is 4. The van der Waals surface area contributed by atoms with Crippen LogP contribution in [0.15, 0.2) is 48.5 Å². The molecule has 1 heterocycles. The second kappa shape index (κ2) is 10.1. The average molecular weight is 396 g/mol. The maximum absolute atomic E-state index is 12.7. The second-order valence-electron chi connectivity index (χ2n) is 7.37. The molecule has 3 rings (SSSR count). The van der Waals surface area contributed by atoms with Crippen molar-refractivity contribution < 1.29 is 14.3 Å². The Labute approximate surface area is 172 Å². The third kappa shape index (κ3) is 5.81. The fourth-order valence-corrected chi connectivity index (χ4v) is 3.57. The molecule has 6 nitrogen and oxygen atoms in total. The zero-order valence-corrected chi connectivity index (χ0v) is 17.1. The minimum Gasteiger partial charge on any atom is -0.493 e. The maximum atomic E-state index is 12.7. The van der Waals surface area contributed by atoms with Crippen LogP contribution in [0.2, 0.25) is 0 Å². The molecule has 0 aromatic heterocycles. The number of fused-ring (bicyclic) bond motifs is 1. The summed E-state index contributed by atoms with van der Waals surface area (Å²) in [5, 5.41) is 6.04. The molecular weight excluding hydrogens is 366 g/mol. The van der Waals surface area contributed by atoms with E-state index >= 15 is 0 Å². The highest BCUT2D eigenvalue weighted by molar-refractivity contribution is 5.93. The molecule has 0 radical (unpaired) electrons. The molecule has 0 bridgehead atoms. The van der Waals surface area contributed by atoms with Crippen molar-refractivity contribution in [3.63, 3.8) is 0 Å². The number of para-hydroxylation sites is 2. The van der Waals surface area contributed by atoms with Gasteiger partial charge in [0, 0.05) is 17.7 Å². The molecule has 154 valence electrons. The Morgan fingerprint density at radius 1 is 1.07 bits per heavy atom. The van der Waals surface area contributed by atoms with Crippen LogP contribution in [-0.2, 0) is 9.59 Å². The zero-order chi connectivity index (χ0) is 20.6. The van der Waals surface area contributed by atoms with Crippen molar-refractivity contribution in [2.45, 2.75) is 32.7 Å². The van der Waals surface area contributed by atoms with Crippen molar-refractivity contribution in [2.24, 2.45) is 0 Å². The predicted molar refractivity (Wildman–Crippen MR) is 114 cm³/mol. The van der Waals surface area contributed by atoms with Gasteiger partial charge in [0.1, 0.15) is 5.75 Å². The summed E-state index contributed by atoms with van der Waals surface area (Å²) in [4.78, 5) is 27.0. The van der Waals surface area contributed by atoms with Gasteiger partial charge in [0.15, 0.2) is 0 Å². The van der Waals surface area contributed by atoms with E-state index in [1.165, 1.54) is 0 Å². The molecule has 0 saturated carbocycles. The number of rotatable bonds is 8. The Morgan fingerprint density at radius 3 is 2.59 bits per heavy atom. The molecule has 1 aliphatic rings. The minimum atomic E-state index is -0.114. The minimum absolute atomic E-state index is 0.0586. The Hall–Kier alpha value is -2.86. The van der Waals surface area contributed by atoms with Crippen molar-refractivity contribution in [2.75, 3.05) is 31.6 Å². The summed E-state index contributed by atoms with van der Waals surface area (Å²) in [6.07, 6.45) is 1.61. The molecule has 2 aromatic carbocycles.